The van der Waals surface area contributed by atoms with Crippen LogP contribution in [-0.2, 0) is 15.8 Å². The number of anilines is 1. The number of aliphatic carboxylic acids is 1. The number of carbonyl (C=O) groups excluding carboxylic acids is 1. The van der Waals surface area contributed by atoms with Crippen LogP contribution in [0.5, 0.6) is 0 Å². The van der Waals surface area contributed by atoms with Crippen LogP contribution in [-0.4, -0.2) is 17.0 Å². The number of benzene rings is 1. The number of alkyl halides is 3. The van der Waals surface area contributed by atoms with E-state index in [0.717, 1.165) is 18.2 Å². The van der Waals surface area contributed by atoms with Gasteiger partial charge in [0.25, 0.3) is 0 Å². The molecule has 1 aromatic rings. The zero-order chi connectivity index (χ0) is 16.4. The fraction of sp³-hybridized carbons (Fsp3) is 0.385. The topological polar surface area (TPSA) is 66.4 Å². The Morgan fingerprint density at radius 2 is 1.76 bits per heavy atom. The lowest BCUT2D eigenvalue weighted by Crippen LogP contribution is -2.30. The first-order chi connectivity index (χ1) is 9.52. The van der Waals surface area contributed by atoms with Crippen molar-refractivity contribution in [2.24, 2.45) is 11.8 Å². The minimum Gasteiger partial charge on any atom is -0.481 e. The van der Waals surface area contributed by atoms with Crippen LogP contribution in [0.2, 0.25) is 5.02 Å². The third kappa shape index (κ3) is 4.63. The molecule has 2 unspecified atom stereocenters. The van der Waals surface area contributed by atoms with E-state index in [1.807, 2.05) is 0 Å². The summed E-state index contributed by atoms with van der Waals surface area (Å²) in [7, 11) is 0. The van der Waals surface area contributed by atoms with Gasteiger partial charge in [-0.2, -0.15) is 13.2 Å². The molecular weight excluding hydrogens is 311 g/mol. The van der Waals surface area contributed by atoms with Crippen molar-refractivity contribution in [2.45, 2.75) is 20.0 Å². The molecule has 0 spiro atoms. The molecule has 0 saturated carbocycles. The van der Waals surface area contributed by atoms with Gasteiger partial charge in [-0.15, -0.1) is 0 Å². The lowest BCUT2D eigenvalue weighted by atomic mass is 9.95. The first-order valence-corrected chi connectivity index (χ1v) is 6.31. The van der Waals surface area contributed by atoms with Gasteiger partial charge in [-0.25, -0.2) is 0 Å². The van der Waals surface area contributed by atoms with Crippen molar-refractivity contribution in [3.05, 3.63) is 28.8 Å². The molecule has 0 aliphatic heterocycles. The van der Waals surface area contributed by atoms with Crippen molar-refractivity contribution < 1.29 is 27.9 Å². The summed E-state index contributed by atoms with van der Waals surface area (Å²) in [5, 5.41) is 10.9. The third-order valence-corrected chi connectivity index (χ3v) is 3.26. The molecule has 1 aromatic carbocycles. The molecule has 116 valence electrons. The molecule has 0 saturated heterocycles. The number of carboxylic acid groups (broad SMARTS) is 1. The maximum Gasteiger partial charge on any atom is 0.416 e. The molecule has 1 amide bonds. The molecule has 0 aromatic heterocycles. The van der Waals surface area contributed by atoms with Crippen LogP contribution in [0.4, 0.5) is 18.9 Å². The van der Waals surface area contributed by atoms with Crippen molar-refractivity contribution in [1.82, 2.24) is 0 Å². The number of carboxylic acids is 1. The molecule has 0 heterocycles. The fourth-order valence-electron chi connectivity index (χ4n) is 1.52. The van der Waals surface area contributed by atoms with E-state index in [2.05, 4.69) is 5.32 Å². The highest BCUT2D eigenvalue weighted by atomic mass is 35.5. The quantitative estimate of drug-likeness (QED) is 0.888. The van der Waals surface area contributed by atoms with E-state index in [1.54, 1.807) is 0 Å². The maximum absolute atomic E-state index is 12.6. The van der Waals surface area contributed by atoms with Crippen LogP contribution in [0.15, 0.2) is 18.2 Å². The minimum absolute atomic E-state index is 0.135. The Morgan fingerprint density at radius 3 is 2.24 bits per heavy atom. The summed E-state index contributed by atoms with van der Waals surface area (Å²) in [4.78, 5) is 22.6. The Labute approximate surface area is 123 Å². The summed E-state index contributed by atoms with van der Waals surface area (Å²) in [5.41, 5.74) is -1.13. The van der Waals surface area contributed by atoms with Gasteiger partial charge in [0.05, 0.1) is 11.5 Å². The van der Waals surface area contributed by atoms with Crippen LogP contribution in [0, 0.1) is 11.8 Å². The number of carbonyl (C=O) groups is 2. The van der Waals surface area contributed by atoms with Gasteiger partial charge in [-0.05, 0) is 18.2 Å². The zero-order valence-electron chi connectivity index (χ0n) is 11.2. The van der Waals surface area contributed by atoms with E-state index in [1.165, 1.54) is 13.8 Å². The molecular formula is C13H13ClF3NO3. The predicted octanol–water partition coefficient (Wildman–Crippen LogP) is 3.65. The summed E-state index contributed by atoms with van der Waals surface area (Å²) in [6.45, 7) is 2.72. The second kappa shape index (κ2) is 6.34. The molecule has 21 heavy (non-hydrogen) atoms. The van der Waals surface area contributed by atoms with Gasteiger partial charge in [-0.3, -0.25) is 9.59 Å². The smallest absolute Gasteiger partial charge is 0.416 e. The standard InChI is InChI=1S/C13H13ClF3NO3/c1-6(7(2)12(20)21)11(19)18-10-4-8(13(15,16)17)3-9(14)5-10/h3-7H,1-2H3,(H,18,19)(H,20,21). The van der Waals surface area contributed by atoms with E-state index in [4.69, 9.17) is 16.7 Å². The number of hydrogen-bond acceptors (Lipinski definition) is 2. The van der Waals surface area contributed by atoms with Gasteiger partial charge in [0, 0.05) is 16.6 Å². The van der Waals surface area contributed by atoms with Crippen molar-refractivity contribution in [3.63, 3.8) is 0 Å². The summed E-state index contributed by atoms with van der Waals surface area (Å²) in [6, 6.07) is 2.63. The van der Waals surface area contributed by atoms with Gasteiger partial charge in [0.1, 0.15) is 0 Å². The molecule has 2 atom stereocenters. The average molecular weight is 324 g/mol. The van der Waals surface area contributed by atoms with Crippen molar-refractivity contribution in [2.75, 3.05) is 5.32 Å². The molecule has 0 radical (unpaired) electrons. The first kappa shape index (κ1) is 17.3. The van der Waals surface area contributed by atoms with E-state index in [-0.39, 0.29) is 10.7 Å². The predicted molar refractivity (Wildman–Crippen MR) is 71.0 cm³/mol. The molecule has 8 heteroatoms. The highest BCUT2D eigenvalue weighted by Gasteiger charge is 2.32. The van der Waals surface area contributed by atoms with E-state index >= 15 is 0 Å². The maximum atomic E-state index is 12.6. The second-order valence-electron chi connectivity index (χ2n) is 4.63. The number of rotatable bonds is 4. The highest BCUT2D eigenvalue weighted by Crippen LogP contribution is 2.33. The number of halogens is 4. The lowest BCUT2D eigenvalue weighted by molar-refractivity contribution is -0.145. The van der Waals surface area contributed by atoms with E-state index in [0.29, 0.717) is 0 Å². The van der Waals surface area contributed by atoms with Crippen molar-refractivity contribution in [3.8, 4) is 0 Å². The molecule has 4 nitrogen and oxygen atoms in total. The molecule has 0 fully saturated rings. The van der Waals surface area contributed by atoms with Crippen molar-refractivity contribution >= 4 is 29.2 Å². The van der Waals surface area contributed by atoms with Gasteiger partial charge in [0.2, 0.25) is 5.91 Å². The van der Waals surface area contributed by atoms with Crippen molar-refractivity contribution in [1.29, 1.82) is 0 Å². The Bertz CT molecular complexity index is 560. The Balaban J connectivity index is 2.96. The third-order valence-electron chi connectivity index (χ3n) is 3.05. The van der Waals surface area contributed by atoms with Gasteiger partial charge < -0.3 is 10.4 Å². The SMILES string of the molecule is CC(C(=O)O)C(C)C(=O)Nc1cc(Cl)cc(C(F)(F)F)c1. The Hall–Kier alpha value is -1.76. The van der Waals surface area contributed by atoms with Crippen LogP contribution in [0.3, 0.4) is 0 Å². The largest absolute Gasteiger partial charge is 0.481 e. The van der Waals surface area contributed by atoms with E-state index < -0.39 is 35.5 Å². The molecule has 0 bridgehead atoms. The summed E-state index contributed by atoms with van der Waals surface area (Å²) >= 11 is 5.59. The first-order valence-electron chi connectivity index (χ1n) is 5.94. The second-order valence-corrected chi connectivity index (χ2v) is 5.07. The van der Waals surface area contributed by atoms with Gasteiger partial charge in [-0.1, -0.05) is 25.4 Å². The fourth-order valence-corrected chi connectivity index (χ4v) is 1.76. The summed E-state index contributed by atoms with van der Waals surface area (Å²) < 4.78 is 37.9. The van der Waals surface area contributed by atoms with Gasteiger partial charge >= 0.3 is 12.1 Å². The lowest BCUT2D eigenvalue weighted by Gasteiger charge is -2.17. The molecule has 0 aliphatic rings. The minimum atomic E-state index is -4.59. The van der Waals surface area contributed by atoms with Crippen LogP contribution < -0.4 is 5.32 Å². The number of amides is 1. The zero-order valence-corrected chi connectivity index (χ0v) is 11.9. The average Bonchev–Trinajstić information content (AvgIpc) is 2.34. The van der Waals surface area contributed by atoms with Crippen LogP contribution >= 0.6 is 11.6 Å². The van der Waals surface area contributed by atoms with Gasteiger partial charge in [0.15, 0.2) is 0 Å². The number of hydrogen-bond donors (Lipinski definition) is 2. The normalized spacial score (nSPS) is 14.4. The van der Waals surface area contributed by atoms with Crippen LogP contribution in [0.25, 0.3) is 0 Å². The Kier molecular flexibility index (Phi) is 5.22. The molecule has 1 rings (SSSR count). The van der Waals surface area contributed by atoms with E-state index in [9.17, 15) is 22.8 Å². The monoisotopic (exact) mass is 323 g/mol. The molecule has 2 N–H and O–H groups in total. The van der Waals surface area contributed by atoms with Crippen LogP contribution in [0.1, 0.15) is 19.4 Å². The summed E-state index contributed by atoms with van der Waals surface area (Å²) in [5.74, 6) is -3.73. The summed E-state index contributed by atoms with van der Waals surface area (Å²) in [6.07, 6.45) is -4.59. The Morgan fingerprint density at radius 1 is 1.19 bits per heavy atom. The highest BCUT2D eigenvalue weighted by molar-refractivity contribution is 6.31. The molecule has 0 aliphatic carbocycles. The number of nitrogens with one attached hydrogen (secondary N) is 1.